The lowest BCUT2D eigenvalue weighted by Crippen LogP contribution is -2.11. The lowest BCUT2D eigenvalue weighted by atomic mass is 10.2. The van der Waals surface area contributed by atoms with Gasteiger partial charge in [-0.3, -0.25) is 4.79 Å². The number of rotatable bonds is 6. The molecule has 0 amide bonds. The van der Waals surface area contributed by atoms with Crippen molar-refractivity contribution in [1.29, 1.82) is 0 Å². The Hall–Kier alpha value is -0.630. The minimum Gasteiger partial charge on any atom is -0.309 e. The second-order valence-corrected chi connectivity index (χ2v) is 3.21. The number of carbonyl (C=O) groups is 1. The van der Waals surface area contributed by atoms with Crippen LogP contribution >= 0.6 is 0 Å². The summed E-state index contributed by atoms with van der Waals surface area (Å²) in [7, 11) is 4.06. The SMILES string of the molecule is CCCC(=O)/C=C/CCN(C)C. The van der Waals surface area contributed by atoms with Crippen LogP contribution in [0, 0.1) is 0 Å². The summed E-state index contributed by atoms with van der Waals surface area (Å²) in [6.45, 7) is 3.03. The molecule has 0 bridgehead atoms. The normalized spacial score (nSPS) is 11.3. The molecule has 0 spiro atoms. The van der Waals surface area contributed by atoms with Crippen molar-refractivity contribution in [2.45, 2.75) is 26.2 Å². The number of hydrogen-bond acceptors (Lipinski definition) is 2. The van der Waals surface area contributed by atoms with Gasteiger partial charge in [0.2, 0.25) is 0 Å². The van der Waals surface area contributed by atoms with Crippen LogP contribution in [0.5, 0.6) is 0 Å². The van der Waals surface area contributed by atoms with Crippen LogP contribution in [0.3, 0.4) is 0 Å². The van der Waals surface area contributed by atoms with Gasteiger partial charge in [0, 0.05) is 13.0 Å². The molecule has 0 atom stereocenters. The first-order valence-electron chi connectivity index (χ1n) is 4.51. The van der Waals surface area contributed by atoms with Gasteiger partial charge in [0.25, 0.3) is 0 Å². The zero-order valence-corrected chi connectivity index (χ0v) is 8.34. The van der Waals surface area contributed by atoms with Crippen LogP contribution in [0.1, 0.15) is 26.2 Å². The van der Waals surface area contributed by atoms with Gasteiger partial charge in [-0.1, -0.05) is 13.0 Å². The Balaban J connectivity index is 3.41. The van der Waals surface area contributed by atoms with Crippen molar-refractivity contribution in [2.24, 2.45) is 0 Å². The standard InChI is InChI=1S/C10H19NO/c1-4-7-10(12)8-5-6-9-11(2)3/h5,8H,4,6-7,9H2,1-3H3/b8-5+. The summed E-state index contributed by atoms with van der Waals surface area (Å²) in [6.07, 6.45) is 6.24. The maximum atomic E-state index is 11.0. The molecule has 0 aliphatic rings. The van der Waals surface area contributed by atoms with Gasteiger partial charge in [-0.25, -0.2) is 0 Å². The third kappa shape index (κ3) is 7.48. The molecule has 0 radical (unpaired) electrons. The zero-order valence-electron chi connectivity index (χ0n) is 8.34. The molecule has 0 saturated heterocycles. The average molecular weight is 169 g/mol. The Morgan fingerprint density at radius 3 is 2.58 bits per heavy atom. The molecule has 70 valence electrons. The average Bonchev–Trinajstić information content (AvgIpc) is 1.98. The molecule has 12 heavy (non-hydrogen) atoms. The second-order valence-electron chi connectivity index (χ2n) is 3.21. The maximum absolute atomic E-state index is 11.0. The molecule has 0 aromatic carbocycles. The van der Waals surface area contributed by atoms with Crippen LogP contribution in [0.15, 0.2) is 12.2 Å². The number of allylic oxidation sites excluding steroid dienone is 1. The van der Waals surface area contributed by atoms with E-state index in [1.54, 1.807) is 6.08 Å². The molecule has 0 fully saturated rings. The van der Waals surface area contributed by atoms with Crippen LogP contribution in [0.4, 0.5) is 0 Å². The summed E-state index contributed by atoms with van der Waals surface area (Å²) in [5, 5.41) is 0. The fraction of sp³-hybridized carbons (Fsp3) is 0.700. The Kier molecular flexibility index (Phi) is 6.67. The number of ketones is 1. The van der Waals surface area contributed by atoms with E-state index in [1.807, 2.05) is 27.1 Å². The van der Waals surface area contributed by atoms with Gasteiger partial charge < -0.3 is 4.90 Å². The molecule has 0 rings (SSSR count). The molecule has 0 saturated carbocycles. The monoisotopic (exact) mass is 169 g/mol. The van der Waals surface area contributed by atoms with Gasteiger partial charge in [-0.05, 0) is 33.0 Å². The van der Waals surface area contributed by atoms with E-state index in [2.05, 4.69) is 4.90 Å². The highest BCUT2D eigenvalue weighted by molar-refractivity contribution is 5.89. The van der Waals surface area contributed by atoms with E-state index >= 15 is 0 Å². The van der Waals surface area contributed by atoms with Gasteiger partial charge >= 0.3 is 0 Å². The molecular weight excluding hydrogens is 150 g/mol. The van der Waals surface area contributed by atoms with Crippen molar-refractivity contribution in [1.82, 2.24) is 4.90 Å². The Labute approximate surface area is 75.3 Å². The maximum Gasteiger partial charge on any atom is 0.155 e. The summed E-state index contributed by atoms with van der Waals surface area (Å²) in [5.41, 5.74) is 0. The minimum absolute atomic E-state index is 0.247. The molecule has 0 aliphatic carbocycles. The molecule has 0 unspecified atom stereocenters. The van der Waals surface area contributed by atoms with Gasteiger partial charge in [0.1, 0.15) is 0 Å². The second kappa shape index (κ2) is 7.04. The van der Waals surface area contributed by atoms with Crippen molar-refractivity contribution in [3.8, 4) is 0 Å². The summed E-state index contributed by atoms with van der Waals surface area (Å²) in [5.74, 6) is 0.247. The number of nitrogens with zero attached hydrogens (tertiary/aromatic N) is 1. The smallest absolute Gasteiger partial charge is 0.155 e. The Bertz CT molecular complexity index is 150. The first-order chi connectivity index (χ1) is 5.66. The van der Waals surface area contributed by atoms with E-state index in [0.717, 1.165) is 19.4 Å². The zero-order chi connectivity index (χ0) is 9.40. The molecule has 2 heteroatoms. The van der Waals surface area contributed by atoms with Gasteiger partial charge in [0.05, 0.1) is 0 Å². The van der Waals surface area contributed by atoms with E-state index < -0.39 is 0 Å². The van der Waals surface area contributed by atoms with Crippen molar-refractivity contribution in [3.05, 3.63) is 12.2 Å². The summed E-state index contributed by atoms with van der Waals surface area (Å²) in [6, 6.07) is 0. The highest BCUT2D eigenvalue weighted by Crippen LogP contribution is 1.92. The molecule has 0 N–H and O–H groups in total. The van der Waals surface area contributed by atoms with Gasteiger partial charge in [-0.2, -0.15) is 0 Å². The highest BCUT2D eigenvalue weighted by Gasteiger charge is 1.92. The molecule has 0 aromatic rings. The first-order valence-corrected chi connectivity index (χ1v) is 4.51. The quantitative estimate of drug-likeness (QED) is 0.566. The van der Waals surface area contributed by atoms with Crippen LogP contribution in [0.25, 0.3) is 0 Å². The lowest BCUT2D eigenvalue weighted by molar-refractivity contribution is -0.114. The molecule has 0 heterocycles. The highest BCUT2D eigenvalue weighted by atomic mass is 16.1. The summed E-state index contributed by atoms with van der Waals surface area (Å²) in [4.78, 5) is 13.1. The van der Waals surface area contributed by atoms with E-state index in [9.17, 15) is 4.79 Å². The van der Waals surface area contributed by atoms with E-state index in [-0.39, 0.29) is 5.78 Å². The van der Waals surface area contributed by atoms with E-state index in [1.165, 1.54) is 0 Å². The molecule has 0 aromatic heterocycles. The summed E-state index contributed by atoms with van der Waals surface area (Å²) < 4.78 is 0. The van der Waals surface area contributed by atoms with Crippen molar-refractivity contribution >= 4 is 5.78 Å². The van der Waals surface area contributed by atoms with Crippen molar-refractivity contribution in [2.75, 3.05) is 20.6 Å². The van der Waals surface area contributed by atoms with Crippen LogP contribution in [-0.4, -0.2) is 31.3 Å². The number of hydrogen-bond donors (Lipinski definition) is 0. The Morgan fingerprint density at radius 1 is 1.42 bits per heavy atom. The topological polar surface area (TPSA) is 20.3 Å². The molecule has 0 aliphatic heterocycles. The predicted octanol–water partition coefficient (Wildman–Crippen LogP) is 1.86. The fourth-order valence-electron chi connectivity index (χ4n) is 0.877. The third-order valence-electron chi connectivity index (χ3n) is 1.54. The largest absolute Gasteiger partial charge is 0.309 e. The first kappa shape index (κ1) is 11.4. The minimum atomic E-state index is 0.247. The molecule has 2 nitrogen and oxygen atoms in total. The molecular formula is C10H19NO. The van der Waals surface area contributed by atoms with E-state index in [0.29, 0.717) is 6.42 Å². The van der Waals surface area contributed by atoms with Gasteiger partial charge in [0.15, 0.2) is 5.78 Å². The lowest BCUT2D eigenvalue weighted by Gasteiger charge is -2.05. The van der Waals surface area contributed by atoms with Gasteiger partial charge in [-0.15, -0.1) is 0 Å². The van der Waals surface area contributed by atoms with Crippen molar-refractivity contribution < 1.29 is 4.79 Å². The van der Waals surface area contributed by atoms with Crippen LogP contribution in [-0.2, 0) is 4.79 Å². The van der Waals surface area contributed by atoms with E-state index in [4.69, 9.17) is 0 Å². The third-order valence-corrected chi connectivity index (χ3v) is 1.54. The predicted molar refractivity (Wildman–Crippen MR) is 52.2 cm³/mol. The van der Waals surface area contributed by atoms with Crippen molar-refractivity contribution in [3.63, 3.8) is 0 Å². The Morgan fingerprint density at radius 2 is 2.08 bits per heavy atom. The fourth-order valence-corrected chi connectivity index (χ4v) is 0.877. The number of carbonyl (C=O) groups excluding carboxylic acids is 1. The summed E-state index contributed by atoms with van der Waals surface area (Å²) >= 11 is 0. The van der Waals surface area contributed by atoms with Crippen LogP contribution < -0.4 is 0 Å². The van der Waals surface area contributed by atoms with Crippen LogP contribution in [0.2, 0.25) is 0 Å².